The van der Waals surface area contributed by atoms with Crippen LogP contribution in [0, 0.1) is 0 Å². The van der Waals surface area contributed by atoms with Crippen molar-refractivity contribution in [3.8, 4) is 16.8 Å². The highest BCUT2D eigenvalue weighted by molar-refractivity contribution is 5.91. The second-order valence-corrected chi connectivity index (χ2v) is 7.77. The van der Waals surface area contributed by atoms with E-state index in [-0.39, 0.29) is 5.56 Å². The number of benzene rings is 4. The first-order chi connectivity index (χ1) is 15.7. The molecule has 0 unspecified atom stereocenters. The van der Waals surface area contributed by atoms with Gasteiger partial charge in [-0.1, -0.05) is 66.7 Å². The molecule has 2 aromatic heterocycles. The quantitative estimate of drug-likeness (QED) is 0.430. The van der Waals surface area contributed by atoms with Crippen molar-refractivity contribution in [3.05, 3.63) is 118 Å². The lowest BCUT2D eigenvalue weighted by Gasteiger charge is -2.10. The zero-order valence-electron chi connectivity index (χ0n) is 16.9. The van der Waals surface area contributed by atoms with Crippen molar-refractivity contribution in [1.82, 2.24) is 14.5 Å². The van der Waals surface area contributed by atoms with Gasteiger partial charge in [0.05, 0.1) is 22.8 Å². The van der Waals surface area contributed by atoms with Crippen molar-refractivity contribution < 1.29 is 0 Å². The third kappa shape index (κ3) is 2.83. The molecule has 1 N–H and O–H groups in total. The molecular weight excluding hydrogens is 398 g/mol. The Kier molecular flexibility index (Phi) is 4.01. The van der Waals surface area contributed by atoms with Gasteiger partial charge in [0.1, 0.15) is 0 Å². The number of rotatable bonds is 2. The maximum absolute atomic E-state index is 13.3. The predicted octanol–water partition coefficient (Wildman–Crippen LogP) is 5.05. The molecule has 0 saturated heterocycles. The Morgan fingerprint density at radius 1 is 0.656 bits per heavy atom. The van der Waals surface area contributed by atoms with Crippen LogP contribution in [0.15, 0.2) is 107 Å². The van der Waals surface area contributed by atoms with Gasteiger partial charge >= 0.3 is 5.69 Å². The number of fused-ring (bicyclic) bond motifs is 3. The van der Waals surface area contributed by atoms with Gasteiger partial charge in [-0.05, 0) is 40.1 Å². The molecule has 0 atom stereocenters. The summed E-state index contributed by atoms with van der Waals surface area (Å²) in [6.45, 7) is 0. The fraction of sp³-hybridized carbons (Fsp3) is 0. The van der Waals surface area contributed by atoms with Gasteiger partial charge in [0.2, 0.25) is 0 Å². The first-order valence-corrected chi connectivity index (χ1v) is 10.3. The minimum Gasteiger partial charge on any atom is -0.306 e. The van der Waals surface area contributed by atoms with Gasteiger partial charge < -0.3 is 4.98 Å². The zero-order valence-corrected chi connectivity index (χ0v) is 16.9. The summed E-state index contributed by atoms with van der Waals surface area (Å²) in [5.41, 5.74) is 2.07. The van der Waals surface area contributed by atoms with Gasteiger partial charge in [-0.15, -0.1) is 0 Å². The number of aromatic nitrogens is 3. The molecule has 32 heavy (non-hydrogen) atoms. The second kappa shape index (κ2) is 7.03. The lowest BCUT2D eigenvalue weighted by atomic mass is 10.0. The molecule has 5 heteroatoms. The molecule has 0 saturated carbocycles. The Labute approximate surface area is 182 Å². The summed E-state index contributed by atoms with van der Waals surface area (Å²) < 4.78 is 1.16. The van der Waals surface area contributed by atoms with Gasteiger partial charge in [-0.2, -0.15) is 0 Å². The highest BCUT2D eigenvalue weighted by atomic mass is 16.2. The molecule has 0 aliphatic carbocycles. The number of hydrogen-bond donors (Lipinski definition) is 1. The molecule has 0 amide bonds. The maximum Gasteiger partial charge on any atom is 0.333 e. The third-order valence-electron chi connectivity index (χ3n) is 5.87. The summed E-state index contributed by atoms with van der Waals surface area (Å²) in [5, 5.41) is 4.40. The average Bonchev–Trinajstić information content (AvgIpc) is 2.83. The molecule has 2 heterocycles. The van der Waals surface area contributed by atoms with E-state index in [4.69, 9.17) is 0 Å². The monoisotopic (exact) mass is 415 g/mol. The lowest BCUT2D eigenvalue weighted by Crippen LogP contribution is -2.33. The number of hydrogen-bond acceptors (Lipinski definition) is 3. The topological polar surface area (TPSA) is 67.8 Å². The molecule has 0 aliphatic heterocycles. The van der Waals surface area contributed by atoms with E-state index in [1.54, 1.807) is 18.5 Å². The van der Waals surface area contributed by atoms with E-state index in [2.05, 4.69) is 34.2 Å². The zero-order chi connectivity index (χ0) is 21.7. The number of pyridine rings is 1. The van der Waals surface area contributed by atoms with Crippen LogP contribution in [0.3, 0.4) is 0 Å². The molecule has 0 aliphatic rings. The minimum atomic E-state index is -0.490. The van der Waals surface area contributed by atoms with Crippen LogP contribution in [0.4, 0.5) is 0 Å². The largest absolute Gasteiger partial charge is 0.333 e. The highest BCUT2D eigenvalue weighted by Crippen LogP contribution is 2.26. The van der Waals surface area contributed by atoms with Crippen molar-refractivity contribution >= 4 is 32.4 Å². The molecule has 4 aromatic carbocycles. The van der Waals surface area contributed by atoms with Crippen molar-refractivity contribution in [3.63, 3.8) is 0 Å². The maximum atomic E-state index is 13.3. The molecule has 0 bridgehead atoms. The summed E-state index contributed by atoms with van der Waals surface area (Å²) >= 11 is 0. The van der Waals surface area contributed by atoms with Gasteiger partial charge in [0.15, 0.2) is 0 Å². The molecule has 0 spiro atoms. The minimum absolute atomic E-state index is 0.369. The molecule has 0 fully saturated rings. The molecule has 6 rings (SSSR count). The first-order valence-electron chi connectivity index (χ1n) is 10.3. The van der Waals surface area contributed by atoms with Crippen LogP contribution >= 0.6 is 0 Å². The van der Waals surface area contributed by atoms with Crippen LogP contribution in [0.25, 0.3) is 49.3 Å². The van der Waals surface area contributed by atoms with E-state index in [0.29, 0.717) is 16.6 Å². The van der Waals surface area contributed by atoms with E-state index in [0.717, 1.165) is 37.2 Å². The van der Waals surface area contributed by atoms with Crippen LogP contribution in [0.2, 0.25) is 0 Å². The van der Waals surface area contributed by atoms with E-state index < -0.39 is 5.69 Å². The first kappa shape index (κ1) is 18.3. The summed E-state index contributed by atoms with van der Waals surface area (Å²) in [4.78, 5) is 33.4. The van der Waals surface area contributed by atoms with E-state index in [1.807, 2.05) is 54.6 Å². The van der Waals surface area contributed by atoms with Crippen LogP contribution in [0.1, 0.15) is 0 Å². The van der Waals surface area contributed by atoms with E-state index in [9.17, 15) is 9.59 Å². The molecule has 0 radical (unpaired) electrons. The number of nitrogens with one attached hydrogen (secondary N) is 1. The van der Waals surface area contributed by atoms with E-state index >= 15 is 0 Å². The number of nitrogens with zero attached hydrogens (tertiary/aromatic N) is 2. The Balaban J connectivity index is 1.55. The SMILES string of the molecule is O=c1[nH]c2cc(-c3ccc4ccccc4c3)ccc2c(=O)n1-c1cncc2ccccc12. The van der Waals surface area contributed by atoms with Crippen LogP contribution in [-0.2, 0) is 0 Å². The Morgan fingerprint density at radius 2 is 1.38 bits per heavy atom. The van der Waals surface area contributed by atoms with Crippen LogP contribution in [0.5, 0.6) is 0 Å². The Hall–Kier alpha value is -4.51. The number of aromatic amines is 1. The van der Waals surface area contributed by atoms with Gasteiger partial charge in [-0.3, -0.25) is 9.78 Å². The van der Waals surface area contributed by atoms with Crippen molar-refractivity contribution in [1.29, 1.82) is 0 Å². The summed E-state index contributed by atoms with van der Waals surface area (Å²) in [6.07, 6.45) is 3.27. The van der Waals surface area contributed by atoms with Crippen LogP contribution < -0.4 is 11.2 Å². The molecule has 5 nitrogen and oxygen atoms in total. The van der Waals surface area contributed by atoms with Crippen molar-refractivity contribution in [2.75, 3.05) is 0 Å². The normalized spacial score (nSPS) is 11.4. The fourth-order valence-electron chi connectivity index (χ4n) is 4.26. The van der Waals surface area contributed by atoms with Gasteiger partial charge in [0.25, 0.3) is 5.56 Å². The molecular formula is C27H17N3O2. The molecule has 152 valence electrons. The summed E-state index contributed by atoms with van der Waals surface area (Å²) in [7, 11) is 0. The van der Waals surface area contributed by atoms with E-state index in [1.165, 1.54) is 0 Å². The summed E-state index contributed by atoms with van der Waals surface area (Å²) in [5.74, 6) is 0. The standard InChI is InChI=1S/C27H17N3O2/c31-26-23-12-11-20(19-10-9-17-5-1-2-6-18(17)13-19)14-24(23)29-27(32)30(26)25-16-28-15-21-7-3-4-8-22(21)25/h1-16H,(H,29,32). The predicted molar refractivity (Wildman–Crippen MR) is 128 cm³/mol. The lowest BCUT2D eigenvalue weighted by molar-refractivity contribution is 0.902. The third-order valence-corrected chi connectivity index (χ3v) is 5.87. The Morgan fingerprint density at radius 3 is 2.25 bits per heavy atom. The van der Waals surface area contributed by atoms with Gasteiger partial charge in [-0.25, -0.2) is 9.36 Å². The Bertz CT molecular complexity index is 1780. The number of H-pyrrole nitrogens is 1. The van der Waals surface area contributed by atoms with Crippen LogP contribution in [-0.4, -0.2) is 14.5 Å². The van der Waals surface area contributed by atoms with Crippen molar-refractivity contribution in [2.24, 2.45) is 0 Å². The molecule has 6 aromatic rings. The highest BCUT2D eigenvalue weighted by Gasteiger charge is 2.13. The van der Waals surface area contributed by atoms with Crippen molar-refractivity contribution in [2.45, 2.75) is 0 Å². The fourth-order valence-corrected chi connectivity index (χ4v) is 4.26. The second-order valence-electron chi connectivity index (χ2n) is 7.77. The average molecular weight is 415 g/mol. The van der Waals surface area contributed by atoms with Gasteiger partial charge in [0, 0.05) is 17.0 Å². The summed E-state index contributed by atoms with van der Waals surface area (Å²) in [6, 6.07) is 27.5. The smallest absolute Gasteiger partial charge is 0.306 e.